The lowest BCUT2D eigenvalue weighted by atomic mass is 10.0. The van der Waals surface area contributed by atoms with Crippen LogP contribution in [0.25, 0.3) is 27.9 Å². The quantitative estimate of drug-likeness (QED) is 0.221. The topological polar surface area (TPSA) is 127 Å². The van der Waals surface area contributed by atoms with E-state index in [1.54, 1.807) is 43.1 Å². The van der Waals surface area contributed by atoms with Gasteiger partial charge in [-0.05, 0) is 30.5 Å². The summed E-state index contributed by atoms with van der Waals surface area (Å²) in [5.74, 6) is 1.76. The van der Waals surface area contributed by atoms with E-state index in [0.29, 0.717) is 65.6 Å². The smallest absolute Gasteiger partial charge is 0.240 e. The van der Waals surface area contributed by atoms with Crippen LogP contribution in [0.2, 0.25) is 0 Å². The second-order valence-electron chi connectivity index (χ2n) is 9.07. The van der Waals surface area contributed by atoms with E-state index < -0.39 is 0 Å². The van der Waals surface area contributed by atoms with E-state index in [9.17, 15) is 4.79 Å². The molecule has 0 bridgehead atoms. The number of hydrogen-bond donors (Lipinski definition) is 0. The predicted octanol–water partition coefficient (Wildman–Crippen LogP) is 4.30. The molecule has 11 heteroatoms. The molecule has 0 unspecified atom stereocenters. The summed E-state index contributed by atoms with van der Waals surface area (Å²) in [6.07, 6.45) is 2.82. The molecule has 196 valence electrons. The zero-order valence-corrected chi connectivity index (χ0v) is 21.5. The van der Waals surface area contributed by atoms with Crippen molar-refractivity contribution < 1.29 is 23.5 Å². The molecule has 0 fully saturated rings. The lowest BCUT2D eigenvalue weighted by molar-refractivity contribution is 0.0959. The number of hydrogen-bond acceptors (Lipinski definition) is 10. The highest BCUT2D eigenvalue weighted by Gasteiger charge is 2.19. The van der Waals surface area contributed by atoms with Gasteiger partial charge in [0.05, 0.1) is 5.69 Å². The molecule has 5 aromatic rings. The first-order chi connectivity index (χ1) is 18.6. The van der Waals surface area contributed by atoms with Gasteiger partial charge in [-0.1, -0.05) is 30.3 Å². The number of nitrogens with zero attached hydrogens (tertiary/aromatic N) is 6. The number of carbonyl (C=O) groups is 1. The molecule has 11 nitrogen and oxygen atoms in total. The highest BCUT2D eigenvalue weighted by Crippen LogP contribution is 2.29. The van der Waals surface area contributed by atoms with Crippen LogP contribution in [0.5, 0.6) is 5.88 Å². The summed E-state index contributed by atoms with van der Waals surface area (Å²) in [5.41, 5.74) is 2.31. The zero-order chi connectivity index (χ0) is 26.5. The molecule has 4 heterocycles. The van der Waals surface area contributed by atoms with Gasteiger partial charge in [-0.2, -0.15) is 4.52 Å². The Bertz CT molecular complexity index is 1550. The van der Waals surface area contributed by atoms with E-state index in [-0.39, 0.29) is 12.4 Å². The number of aromatic nitrogens is 6. The number of ether oxygens (including phenoxy) is 3. The summed E-state index contributed by atoms with van der Waals surface area (Å²) in [7, 11) is 3.25. The Kier molecular flexibility index (Phi) is 7.66. The fraction of sp³-hybridized carbons (Fsp3) is 0.333. The monoisotopic (exact) mass is 516 g/mol. The summed E-state index contributed by atoms with van der Waals surface area (Å²) < 4.78 is 23.3. The Morgan fingerprint density at radius 3 is 2.66 bits per heavy atom. The summed E-state index contributed by atoms with van der Waals surface area (Å²) in [6.45, 7) is 3.16. The fourth-order valence-corrected chi connectivity index (χ4v) is 4.15. The van der Waals surface area contributed by atoms with Crippen LogP contribution < -0.4 is 4.74 Å². The number of ketones is 1. The van der Waals surface area contributed by atoms with Crippen LogP contribution >= 0.6 is 0 Å². The van der Waals surface area contributed by atoms with Crippen molar-refractivity contribution in [2.45, 2.75) is 33.0 Å². The third kappa shape index (κ3) is 5.38. The maximum atomic E-state index is 12.5. The molecule has 0 amide bonds. The van der Waals surface area contributed by atoms with Crippen molar-refractivity contribution in [2.75, 3.05) is 20.8 Å². The molecule has 0 saturated heterocycles. The van der Waals surface area contributed by atoms with Gasteiger partial charge in [0, 0.05) is 55.8 Å². The lowest BCUT2D eigenvalue weighted by Gasteiger charge is -2.10. The number of methoxy groups -OCH3 is 2. The number of pyridine rings is 1. The maximum absolute atomic E-state index is 12.5. The van der Waals surface area contributed by atoms with Crippen LogP contribution in [-0.2, 0) is 22.7 Å². The van der Waals surface area contributed by atoms with Crippen molar-refractivity contribution in [3.05, 3.63) is 65.7 Å². The predicted molar refractivity (Wildman–Crippen MR) is 138 cm³/mol. The number of carbonyl (C=O) groups excluding carboxylic acids is 1. The van der Waals surface area contributed by atoms with E-state index in [0.717, 1.165) is 17.2 Å². The Labute approximate surface area is 218 Å². The summed E-state index contributed by atoms with van der Waals surface area (Å²) in [6, 6.07) is 13.0. The van der Waals surface area contributed by atoms with Crippen molar-refractivity contribution in [3.8, 4) is 17.4 Å². The van der Waals surface area contributed by atoms with Gasteiger partial charge in [-0.25, -0.2) is 0 Å². The van der Waals surface area contributed by atoms with Crippen LogP contribution in [0.4, 0.5) is 0 Å². The molecule has 0 aliphatic heterocycles. The van der Waals surface area contributed by atoms with Crippen LogP contribution in [0.3, 0.4) is 0 Å². The molecule has 1 atom stereocenters. The molecule has 0 spiro atoms. The molecular weight excluding hydrogens is 488 g/mol. The molecule has 38 heavy (non-hydrogen) atoms. The van der Waals surface area contributed by atoms with Crippen molar-refractivity contribution in [3.63, 3.8) is 0 Å². The minimum atomic E-state index is 0.0627. The minimum Gasteiger partial charge on any atom is -0.470 e. The molecule has 0 saturated carbocycles. The maximum Gasteiger partial charge on any atom is 0.240 e. The van der Waals surface area contributed by atoms with Crippen LogP contribution in [-0.4, -0.2) is 56.6 Å². The summed E-state index contributed by atoms with van der Waals surface area (Å²) in [5, 5.41) is 19.0. The number of Topliss-reactive ketones (excluding diaryl/α,β-unsaturated/α-hetero) is 1. The van der Waals surface area contributed by atoms with Crippen molar-refractivity contribution in [1.29, 1.82) is 0 Å². The van der Waals surface area contributed by atoms with E-state index >= 15 is 0 Å². The van der Waals surface area contributed by atoms with Gasteiger partial charge in [0.15, 0.2) is 22.9 Å². The van der Waals surface area contributed by atoms with Crippen LogP contribution in [0, 0.1) is 5.92 Å². The second-order valence-corrected chi connectivity index (χ2v) is 9.07. The first kappa shape index (κ1) is 25.4. The highest BCUT2D eigenvalue weighted by molar-refractivity contribution is 5.97. The van der Waals surface area contributed by atoms with E-state index in [1.165, 1.54) is 0 Å². The summed E-state index contributed by atoms with van der Waals surface area (Å²) >= 11 is 0. The Morgan fingerprint density at radius 2 is 1.89 bits per heavy atom. The third-order valence-electron chi connectivity index (χ3n) is 6.12. The SMILES string of the molecule is COCc1cc(-c2nnc3c4ccccc4c(OCc4ccc(C(=O)CC[C@H](C)COC)cn4)nn23)no1. The molecule has 0 radical (unpaired) electrons. The Hall–Kier alpha value is -4.22. The largest absolute Gasteiger partial charge is 0.470 e. The van der Waals surface area contributed by atoms with Gasteiger partial charge >= 0.3 is 0 Å². The third-order valence-corrected chi connectivity index (χ3v) is 6.12. The number of fused-ring (bicyclic) bond motifs is 3. The molecular formula is C27H28N6O5. The van der Waals surface area contributed by atoms with Crippen molar-refractivity contribution in [1.82, 2.24) is 30.0 Å². The first-order valence-electron chi connectivity index (χ1n) is 12.3. The number of rotatable bonds is 12. The second kappa shape index (κ2) is 11.4. The Morgan fingerprint density at radius 1 is 1.05 bits per heavy atom. The normalized spacial score (nSPS) is 12.3. The van der Waals surface area contributed by atoms with E-state index in [4.69, 9.17) is 18.7 Å². The lowest BCUT2D eigenvalue weighted by Crippen LogP contribution is -2.08. The van der Waals surface area contributed by atoms with Gasteiger partial charge in [0.2, 0.25) is 11.7 Å². The van der Waals surface area contributed by atoms with Gasteiger partial charge in [-0.15, -0.1) is 15.3 Å². The van der Waals surface area contributed by atoms with E-state index in [1.807, 2.05) is 24.3 Å². The minimum absolute atomic E-state index is 0.0627. The van der Waals surface area contributed by atoms with Gasteiger partial charge in [-0.3, -0.25) is 9.78 Å². The number of benzene rings is 1. The molecule has 4 aromatic heterocycles. The van der Waals surface area contributed by atoms with Crippen molar-refractivity contribution in [2.24, 2.45) is 5.92 Å². The van der Waals surface area contributed by atoms with Gasteiger partial charge < -0.3 is 18.7 Å². The average Bonchev–Trinajstić information content (AvgIpc) is 3.58. The fourth-order valence-electron chi connectivity index (χ4n) is 4.15. The zero-order valence-electron chi connectivity index (χ0n) is 21.5. The van der Waals surface area contributed by atoms with E-state index in [2.05, 4.69) is 32.4 Å². The van der Waals surface area contributed by atoms with Gasteiger partial charge in [0.25, 0.3) is 0 Å². The Balaban J connectivity index is 1.36. The molecule has 1 aromatic carbocycles. The van der Waals surface area contributed by atoms with Gasteiger partial charge in [0.1, 0.15) is 13.2 Å². The molecule has 5 rings (SSSR count). The highest BCUT2D eigenvalue weighted by atomic mass is 16.5. The standard InChI is InChI=1S/C27H28N6O5/c1-17(14-35-2)8-11-24(34)18-9-10-19(28-13-18)15-37-27-22-7-5-4-6-21(22)25-29-30-26(33(25)31-27)23-12-20(16-36-3)38-32-23/h4-7,9-10,12-13,17H,8,11,14-16H2,1-3H3/t17-/m0/s1. The van der Waals surface area contributed by atoms with Crippen molar-refractivity contribution >= 4 is 22.2 Å². The molecule has 0 N–H and O–H groups in total. The average molecular weight is 517 g/mol. The first-order valence-corrected chi connectivity index (χ1v) is 12.3. The molecule has 0 aliphatic rings. The van der Waals surface area contributed by atoms with Crippen LogP contribution in [0.15, 0.2) is 53.2 Å². The van der Waals surface area contributed by atoms with Crippen LogP contribution in [0.1, 0.15) is 41.6 Å². The molecule has 0 aliphatic carbocycles. The summed E-state index contributed by atoms with van der Waals surface area (Å²) in [4.78, 5) is 17.0.